The van der Waals surface area contributed by atoms with Crippen molar-refractivity contribution in [3.05, 3.63) is 89.5 Å². The molecule has 0 amide bonds. The fourth-order valence-electron chi connectivity index (χ4n) is 4.15. The third kappa shape index (κ3) is 6.88. The highest BCUT2D eigenvalue weighted by Gasteiger charge is 2.73. The zero-order valence-corrected chi connectivity index (χ0v) is 21.0. The standard InChI is InChI=1S/C28H23F10NO2/c29-25(30,27(34,35)28(36,37)38)20-6-1-4-17(12-20)15-39(16-24(40)26(31,32)33)21-7-3-9-23(14-21)41-22-8-2-5-19(13-22)18-10-11-18/h1-9,12-14,18,24,40H,10-11,15-16H2. The molecule has 0 saturated heterocycles. The van der Waals surface area contributed by atoms with Gasteiger partial charge in [0.15, 0.2) is 6.10 Å². The number of benzene rings is 3. The fourth-order valence-corrected chi connectivity index (χ4v) is 4.15. The highest BCUT2D eigenvalue weighted by molar-refractivity contribution is 5.52. The summed E-state index contributed by atoms with van der Waals surface area (Å²) in [5.74, 6) is -11.0. The lowest BCUT2D eigenvalue weighted by atomic mass is 9.99. The van der Waals surface area contributed by atoms with Crippen LogP contribution >= 0.6 is 0 Å². The molecule has 0 heterocycles. The van der Waals surface area contributed by atoms with Crippen LogP contribution in [0.4, 0.5) is 49.6 Å². The lowest BCUT2D eigenvalue weighted by Crippen LogP contribution is -2.50. The second-order valence-corrected chi connectivity index (χ2v) is 9.73. The molecule has 1 aliphatic rings. The molecule has 1 atom stereocenters. The molecular formula is C28H23F10NO2. The minimum Gasteiger partial charge on any atom is -0.457 e. The first-order valence-electron chi connectivity index (χ1n) is 12.3. The van der Waals surface area contributed by atoms with Crippen LogP contribution in [0.15, 0.2) is 72.8 Å². The Kier molecular flexibility index (Phi) is 8.23. The Morgan fingerprint density at radius 1 is 0.780 bits per heavy atom. The largest absolute Gasteiger partial charge is 0.460 e. The third-order valence-corrected chi connectivity index (χ3v) is 6.51. The summed E-state index contributed by atoms with van der Waals surface area (Å²) < 4.78 is 139. The summed E-state index contributed by atoms with van der Waals surface area (Å²) in [5, 5.41) is 9.73. The van der Waals surface area contributed by atoms with Crippen molar-refractivity contribution in [1.29, 1.82) is 0 Å². The molecule has 3 nitrogen and oxygen atoms in total. The van der Waals surface area contributed by atoms with Crippen LogP contribution in [0.25, 0.3) is 0 Å². The van der Waals surface area contributed by atoms with Crippen molar-refractivity contribution in [2.24, 2.45) is 0 Å². The lowest BCUT2D eigenvalue weighted by Gasteiger charge is -2.30. The van der Waals surface area contributed by atoms with Crippen LogP contribution in [0.3, 0.4) is 0 Å². The van der Waals surface area contributed by atoms with Gasteiger partial charge in [0.25, 0.3) is 0 Å². The molecule has 222 valence electrons. The molecule has 0 radical (unpaired) electrons. The van der Waals surface area contributed by atoms with Gasteiger partial charge in [0, 0.05) is 23.9 Å². The maximum absolute atomic E-state index is 14.3. The highest BCUT2D eigenvalue weighted by Crippen LogP contribution is 2.52. The van der Waals surface area contributed by atoms with Gasteiger partial charge in [0.1, 0.15) is 11.5 Å². The van der Waals surface area contributed by atoms with E-state index in [9.17, 15) is 49.0 Å². The maximum atomic E-state index is 14.3. The summed E-state index contributed by atoms with van der Waals surface area (Å²) in [6.07, 6.45) is -12.5. The van der Waals surface area contributed by atoms with Gasteiger partial charge in [-0.2, -0.15) is 43.9 Å². The predicted octanol–water partition coefficient (Wildman–Crippen LogP) is 8.58. The summed E-state index contributed by atoms with van der Waals surface area (Å²) in [6.45, 7) is -1.77. The fraction of sp³-hybridized carbons (Fsp3) is 0.357. The van der Waals surface area contributed by atoms with Crippen molar-refractivity contribution >= 4 is 5.69 Å². The Morgan fingerprint density at radius 3 is 2.00 bits per heavy atom. The molecule has 1 N–H and O–H groups in total. The number of aliphatic hydroxyl groups is 1. The van der Waals surface area contributed by atoms with E-state index >= 15 is 0 Å². The van der Waals surface area contributed by atoms with E-state index in [-0.39, 0.29) is 17.0 Å². The smallest absolute Gasteiger partial charge is 0.457 e. The summed E-state index contributed by atoms with van der Waals surface area (Å²) in [5.41, 5.74) is -0.900. The van der Waals surface area contributed by atoms with E-state index in [0.29, 0.717) is 23.8 Å². The SMILES string of the molecule is OC(CN(Cc1cccc(C(F)(F)C(F)(F)C(F)(F)F)c1)c1cccc(Oc2cccc(C3CC3)c2)c1)C(F)(F)F. The number of halogens is 10. The molecule has 3 aromatic rings. The van der Waals surface area contributed by atoms with Gasteiger partial charge in [0.05, 0.1) is 6.54 Å². The molecule has 4 rings (SSSR count). The number of ether oxygens (including phenoxy) is 1. The van der Waals surface area contributed by atoms with Crippen molar-refractivity contribution in [2.75, 3.05) is 11.4 Å². The Morgan fingerprint density at radius 2 is 1.39 bits per heavy atom. The lowest BCUT2D eigenvalue weighted by molar-refractivity contribution is -0.359. The number of nitrogens with zero attached hydrogens (tertiary/aromatic N) is 1. The number of hydrogen-bond donors (Lipinski definition) is 1. The van der Waals surface area contributed by atoms with Crippen LogP contribution in [-0.4, -0.2) is 36.0 Å². The van der Waals surface area contributed by atoms with Crippen LogP contribution in [0, 0.1) is 0 Å². The van der Waals surface area contributed by atoms with Gasteiger partial charge in [-0.1, -0.05) is 36.4 Å². The molecule has 0 bridgehead atoms. The second kappa shape index (κ2) is 11.1. The zero-order chi connectivity index (χ0) is 30.2. The number of hydrogen-bond acceptors (Lipinski definition) is 3. The van der Waals surface area contributed by atoms with Crippen LogP contribution in [-0.2, 0) is 12.5 Å². The molecule has 3 aromatic carbocycles. The van der Waals surface area contributed by atoms with E-state index in [2.05, 4.69) is 0 Å². The van der Waals surface area contributed by atoms with E-state index in [4.69, 9.17) is 4.74 Å². The molecule has 1 saturated carbocycles. The van der Waals surface area contributed by atoms with Crippen LogP contribution < -0.4 is 9.64 Å². The molecule has 0 aromatic heterocycles. The topological polar surface area (TPSA) is 32.7 Å². The molecule has 41 heavy (non-hydrogen) atoms. The summed E-state index contributed by atoms with van der Waals surface area (Å²) in [4.78, 5) is 0.921. The number of rotatable bonds is 10. The summed E-state index contributed by atoms with van der Waals surface area (Å²) in [6, 6.07) is 15.4. The number of anilines is 1. The predicted molar refractivity (Wildman–Crippen MR) is 129 cm³/mol. The van der Waals surface area contributed by atoms with Gasteiger partial charge in [-0.3, -0.25) is 0 Å². The molecule has 1 aliphatic carbocycles. The molecule has 0 aliphatic heterocycles. The monoisotopic (exact) mass is 595 g/mol. The number of aliphatic hydroxyl groups excluding tert-OH is 1. The summed E-state index contributed by atoms with van der Waals surface area (Å²) in [7, 11) is 0. The molecule has 13 heteroatoms. The minimum absolute atomic E-state index is 0.0296. The molecule has 1 fully saturated rings. The van der Waals surface area contributed by atoms with Crippen molar-refractivity contribution in [1.82, 2.24) is 0 Å². The van der Waals surface area contributed by atoms with E-state index in [1.54, 1.807) is 12.1 Å². The van der Waals surface area contributed by atoms with Gasteiger partial charge in [-0.15, -0.1) is 0 Å². The Balaban J connectivity index is 1.63. The van der Waals surface area contributed by atoms with Crippen molar-refractivity contribution in [3.63, 3.8) is 0 Å². The van der Waals surface area contributed by atoms with Crippen LogP contribution in [0.5, 0.6) is 11.5 Å². The van der Waals surface area contributed by atoms with E-state index in [1.165, 1.54) is 24.3 Å². The van der Waals surface area contributed by atoms with Gasteiger partial charge in [0.2, 0.25) is 0 Å². The van der Waals surface area contributed by atoms with Gasteiger partial charge >= 0.3 is 24.2 Å². The molecular weight excluding hydrogens is 572 g/mol. The quantitative estimate of drug-likeness (QED) is 0.239. The van der Waals surface area contributed by atoms with Crippen LogP contribution in [0.2, 0.25) is 0 Å². The van der Waals surface area contributed by atoms with E-state index in [0.717, 1.165) is 35.4 Å². The highest BCUT2D eigenvalue weighted by atomic mass is 19.4. The number of alkyl halides is 10. The second-order valence-electron chi connectivity index (χ2n) is 9.73. The first-order valence-corrected chi connectivity index (χ1v) is 12.3. The van der Waals surface area contributed by atoms with E-state index in [1.807, 2.05) is 12.1 Å². The first kappa shape index (κ1) is 30.5. The van der Waals surface area contributed by atoms with Gasteiger partial charge in [-0.25, -0.2) is 0 Å². The van der Waals surface area contributed by atoms with Gasteiger partial charge in [-0.05, 0) is 60.2 Å². The average molecular weight is 595 g/mol. The maximum Gasteiger partial charge on any atom is 0.460 e. The zero-order valence-electron chi connectivity index (χ0n) is 21.0. The van der Waals surface area contributed by atoms with Crippen molar-refractivity contribution in [3.8, 4) is 11.5 Å². The Bertz CT molecular complexity index is 1350. The van der Waals surface area contributed by atoms with E-state index < -0.39 is 49.0 Å². The summed E-state index contributed by atoms with van der Waals surface area (Å²) >= 11 is 0. The van der Waals surface area contributed by atoms with Gasteiger partial charge < -0.3 is 14.7 Å². The third-order valence-electron chi connectivity index (χ3n) is 6.51. The average Bonchev–Trinajstić information content (AvgIpc) is 3.73. The Labute approximate surface area is 228 Å². The van der Waals surface area contributed by atoms with Crippen molar-refractivity contribution in [2.45, 2.75) is 55.6 Å². The molecule has 1 unspecified atom stereocenters. The van der Waals surface area contributed by atoms with Crippen LogP contribution in [0.1, 0.15) is 35.4 Å². The normalized spacial score (nSPS) is 15.5. The Hall–Kier alpha value is -3.48. The minimum atomic E-state index is -6.56. The van der Waals surface area contributed by atoms with Crippen molar-refractivity contribution < 1.29 is 53.7 Å². The molecule has 0 spiro atoms. The first-order chi connectivity index (χ1) is 19.0.